The molecular weight excluding hydrogens is 270 g/mol. The topological polar surface area (TPSA) is 38.3 Å². The standard InChI is InChI=1S/C16H23NO2S/c1-11(14-6-8-15(20-3)9-7-14)17-16(18)12(2)19-10-13-4-5-13/h6-9,11-13H,4-5,10H2,1-3H3,(H,17,18)/t11-,12+/m1/s1. The zero-order chi connectivity index (χ0) is 14.5. The predicted molar refractivity (Wildman–Crippen MR) is 82.9 cm³/mol. The molecule has 2 atom stereocenters. The lowest BCUT2D eigenvalue weighted by atomic mass is 10.1. The third kappa shape index (κ3) is 4.53. The monoisotopic (exact) mass is 293 g/mol. The number of nitrogens with one attached hydrogen (secondary N) is 1. The minimum absolute atomic E-state index is 0.00498. The third-order valence-electron chi connectivity index (χ3n) is 3.62. The van der Waals surface area contributed by atoms with Crippen LogP contribution in [-0.4, -0.2) is 24.9 Å². The third-order valence-corrected chi connectivity index (χ3v) is 4.37. The molecule has 1 aromatic rings. The van der Waals surface area contributed by atoms with Crippen molar-refractivity contribution in [3.63, 3.8) is 0 Å². The molecule has 0 radical (unpaired) electrons. The maximum atomic E-state index is 12.0. The summed E-state index contributed by atoms with van der Waals surface area (Å²) in [7, 11) is 0. The van der Waals surface area contributed by atoms with E-state index in [-0.39, 0.29) is 18.1 Å². The number of hydrogen-bond donors (Lipinski definition) is 1. The Morgan fingerprint density at radius 2 is 2.00 bits per heavy atom. The van der Waals surface area contributed by atoms with Crippen molar-refractivity contribution in [1.29, 1.82) is 0 Å². The van der Waals surface area contributed by atoms with Gasteiger partial charge < -0.3 is 10.1 Å². The van der Waals surface area contributed by atoms with Gasteiger partial charge in [0.05, 0.1) is 12.6 Å². The summed E-state index contributed by atoms with van der Waals surface area (Å²) in [5.74, 6) is 0.647. The highest BCUT2D eigenvalue weighted by atomic mass is 32.2. The van der Waals surface area contributed by atoms with Crippen LogP contribution in [0.25, 0.3) is 0 Å². The van der Waals surface area contributed by atoms with Crippen LogP contribution in [-0.2, 0) is 9.53 Å². The van der Waals surface area contributed by atoms with Gasteiger partial charge in [-0.25, -0.2) is 0 Å². The van der Waals surface area contributed by atoms with E-state index in [4.69, 9.17) is 4.74 Å². The van der Waals surface area contributed by atoms with Crippen molar-refractivity contribution in [3.8, 4) is 0 Å². The van der Waals surface area contributed by atoms with E-state index in [1.165, 1.54) is 17.7 Å². The molecular formula is C16H23NO2S. The molecule has 1 aromatic carbocycles. The Morgan fingerprint density at radius 3 is 2.55 bits per heavy atom. The normalized spacial score (nSPS) is 17.6. The second-order valence-electron chi connectivity index (χ2n) is 5.42. The van der Waals surface area contributed by atoms with Crippen LogP contribution in [0.1, 0.15) is 38.3 Å². The largest absolute Gasteiger partial charge is 0.368 e. The second-order valence-corrected chi connectivity index (χ2v) is 6.30. The van der Waals surface area contributed by atoms with Crippen LogP contribution in [0.15, 0.2) is 29.2 Å². The smallest absolute Gasteiger partial charge is 0.249 e. The van der Waals surface area contributed by atoms with Crippen molar-refractivity contribution in [2.75, 3.05) is 12.9 Å². The van der Waals surface area contributed by atoms with Crippen molar-refractivity contribution in [1.82, 2.24) is 5.32 Å². The molecule has 1 fully saturated rings. The highest BCUT2D eigenvalue weighted by molar-refractivity contribution is 7.98. The zero-order valence-corrected chi connectivity index (χ0v) is 13.2. The summed E-state index contributed by atoms with van der Waals surface area (Å²) in [5, 5.41) is 3.01. The summed E-state index contributed by atoms with van der Waals surface area (Å²) >= 11 is 1.72. The molecule has 0 heterocycles. The quantitative estimate of drug-likeness (QED) is 0.783. The Balaban J connectivity index is 1.81. The number of benzene rings is 1. The van der Waals surface area contributed by atoms with E-state index < -0.39 is 0 Å². The van der Waals surface area contributed by atoms with E-state index >= 15 is 0 Å². The average Bonchev–Trinajstić information content (AvgIpc) is 3.28. The Morgan fingerprint density at radius 1 is 1.35 bits per heavy atom. The summed E-state index contributed by atoms with van der Waals surface area (Å²) in [6, 6.07) is 8.29. The lowest BCUT2D eigenvalue weighted by Crippen LogP contribution is -2.36. The Bertz CT molecular complexity index is 442. The lowest BCUT2D eigenvalue weighted by Gasteiger charge is -2.18. The van der Waals surface area contributed by atoms with Crippen LogP contribution in [0.3, 0.4) is 0 Å². The number of ether oxygens (including phenoxy) is 1. The molecule has 0 aliphatic heterocycles. The average molecular weight is 293 g/mol. The summed E-state index contributed by atoms with van der Waals surface area (Å²) < 4.78 is 5.59. The maximum Gasteiger partial charge on any atom is 0.249 e. The van der Waals surface area contributed by atoms with Gasteiger partial charge in [-0.15, -0.1) is 11.8 Å². The van der Waals surface area contributed by atoms with Crippen molar-refractivity contribution >= 4 is 17.7 Å². The fourth-order valence-corrected chi connectivity index (χ4v) is 2.36. The minimum atomic E-state index is -0.372. The molecule has 1 aliphatic rings. The van der Waals surface area contributed by atoms with Crippen LogP contribution >= 0.6 is 11.8 Å². The maximum absolute atomic E-state index is 12.0. The number of rotatable bonds is 7. The summed E-state index contributed by atoms with van der Waals surface area (Å²) in [6.45, 7) is 4.53. The van der Waals surface area contributed by atoms with E-state index in [1.807, 2.05) is 13.8 Å². The van der Waals surface area contributed by atoms with Crippen LogP contribution < -0.4 is 5.32 Å². The Kier molecular flexibility index (Phi) is 5.49. The van der Waals surface area contributed by atoms with Crippen LogP contribution in [0, 0.1) is 5.92 Å². The molecule has 3 nitrogen and oxygen atoms in total. The van der Waals surface area contributed by atoms with Gasteiger partial charge in [0.2, 0.25) is 5.91 Å². The summed E-state index contributed by atoms with van der Waals surface area (Å²) in [6.07, 6.45) is 4.17. The van der Waals surface area contributed by atoms with E-state index in [1.54, 1.807) is 11.8 Å². The van der Waals surface area contributed by atoms with E-state index in [0.717, 1.165) is 5.56 Å². The van der Waals surface area contributed by atoms with E-state index in [0.29, 0.717) is 12.5 Å². The first-order valence-electron chi connectivity index (χ1n) is 7.16. The first-order chi connectivity index (χ1) is 9.60. The van der Waals surface area contributed by atoms with Crippen LogP contribution in [0.5, 0.6) is 0 Å². The first kappa shape index (κ1) is 15.4. The van der Waals surface area contributed by atoms with E-state index in [2.05, 4.69) is 35.8 Å². The fraction of sp³-hybridized carbons (Fsp3) is 0.562. The van der Waals surface area contributed by atoms with Gasteiger partial charge in [-0.2, -0.15) is 0 Å². The second kappa shape index (κ2) is 7.14. The summed E-state index contributed by atoms with van der Waals surface area (Å²) in [4.78, 5) is 13.3. The van der Waals surface area contributed by atoms with Crippen LogP contribution in [0.2, 0.25) is 0 Å². The molecule has 1 saturated carbocycles. The Hall–Kier alpha value is -1.00. The van der Waals surface area contributed by atoms with Gasteiger partial charge in [-0.05, 0) is 56.6 Å². The fourth-order valence-electron chi connectivity index (χ4n) is 1.95. The minimum Gasteiger partial charge on any atom is -0.368 e. The van der Waals surface area contributed by atoms with Gasteiger partial charge in [0, 0.05) is 4.90 Å². The molecule has 2 rings (SSSR count). The molecule has 0 aromatic heterocycles. The van der Waals surface area contributed by atoms with Gasteiger partial charge >= 0.3 is 0 Å². The molecule has 20 heavy (non-hydrogen) atoms. The lowest BCUT2D eigenvalue weighted by molar-refractivity contribution is -0.132. The number of hydrogen-bond acceptors (Lipinski definition) is 3. The highest BCUT2D eigenvalue weighted by Crippen LogP contribution is 2.29. The number of thioether (sulfide) groups is 1. The van der Waals surface area contributed by atoms with Crippen molar-refractivity contribution in [3.05, 3.63) is 29.8 Å². The molecule has 4 heteroatoms. The molecule has 0 unspecified atom stereocenters. The highest BCUT2D eigenvalue weighted by Gasteiger charge is 2.24. The molecule has 0 saturated heterocycles. The molecule has 1 N–H and O–H groups in total. The van der Waals surface area contributed by atoms with Crippen molar-refractivity contribution in [2.24, 2.45) is 5.92 Å². The molecule has 110 valence electrons. The molecule has 0 bridgehead atoms. The molecule has 0 spiro atoms. The number of amides is 1. The van der Waals surface area contributed by atoms with Gasteiger partial charge in [0.15, 0.2) is 0 Å². The van der Waals surface area contributed by atoms with Crippen molar-refractivity contribution in [2.45, 2.75) is 43.7 Å². The SMILES string of the molecule is CSc1ccc([C@@H](C)NC(=O)[C@H](C)OCC2CC2)cc1. The summed E-state index contributed by atoms with van der Waals surface area (Å²) in [5.41, 5.74) is 1.12. The molecule has 1 amide bonds. The van der Waals surface area contributed by atoms with Gasteiger partial charge in [0.25, 0.3) is 0 Å². The Labute approximate surface area is 125 Å². The van der Waals surface area contributed by atoms with Crippen LogP contribution in [0.4, 0.5) is 0 Å². The number of carbonyl (C=O) groups excluding carboxylic acids is 1. The van der Waals surface area contributed by atoms with Gasteiger partial charge in [-0.1, -0.05) is 12.1 Å². The van der Waals surface area contributed by atoms with Gasteiger partial charge in [-0.3, -0.25) is 4.79 Å². The first-order valence-corrected chi connectivity index (χ1v) is 8.38. The van der Waals surface area contributed by atoms with Crippen molar-refractivity contribution < 1.29 is 9.53 Å². The predicted octanol–water partition coefficient (Wildman–Crippen LogP) is 3.40. The zero-order valence-electron chi connectivity index (χ0n) is 12.4. The van der Waals surface area contributed by atoms with E-state index in [9.17, 15) is 4.79 Å². The molecule has 1 aliphatic carbocycles. The number of carbonyl (C=O) groups is 1. The van der Waals surface area contributed by atoms with Gasteiger partial charge in [0.1, 0.15) is 6.10 Å².